The first-order valence-corrected chi connectivity index (χ1v) is 12.7. The zero-order valence-electron chi connectivity index (χ0n) is 19.2. The number of nitrogens with one attached hydrogen (secondary N) is 2. The highest BCUT2D eigenvalue weighted by Crippen LogP contribution is 2.35. The molecule has 9 heteroatoms. The lowest BCUT2D eigenvalue weighted by Gasteiger charge is -2.24. The molecule has 5 N–H and O–H groups in total. The van der Waals surface area contributed by atoms with Gasteiger partial charge in [-0.05, 0) is 66.9 Å². The molecule has 2 atom stereocenters. The lowest BCUT2D eigenvalue weighted by atomic mass is 9.96. The smallest absolute Gasteiger partial charge is 0.412 e. The van der Waals surface area contributed by atoms with Crippen LogP contribution in [0.4, 0.5) is 21.9 Å². The molecule has 7 nitrogen and oxygen atoms in total. The summed E-state index contributed by atoms with van der Waals surface area (Å²) < 4.78 is 6.43. The molecule has 3 aromatic rings. The predicted octanol–water partition coefficient (Wildman–Crippen LogP) is 6.58. The third kappa shape index (κ3) is 7.53. The number of amides is 2. The normalized spacial score (nSPS) is 12.7. The minimum Gasteiger partial charge on any atom is -0.508 e. The Morgan fingerprint density at radius 2 is 1.80 bits per heavy atom. The largest absolute Gasteiger partial charge is 0.508 e. The van der Waals surface area contributed by atoms with Crippen LogP contribution in [-0.2, 0) is 9.53 Å². The second-order valence-corrected chi connectivity index (χ2v) is 9.47. The number of rotatable bonds is 8. The van der Waals surface area contributed by atoms with Crippen LogP contribution in [0.2, 0.25) is 0 Å². The number of aromatic hydroxyl groups is 1. The third-order valence-electron chi connectivity index (χ3n) is 5.11. The fourth-order valence-corrected chi connectivity index (χ4v) is 4.06. The molecule has 3 aromatic carbocycles. The van der Waals surface area contributed by atoms with E-state index >= 15 is 0 Å². The summed E-state index contributed by atoms with van der Waals surface area (Å²) in [5.41, 5.74) is 7.80. The molecule has 0 spiro atoms. The number of thioether (sulfide) groups is 1. The van der Waals surface area contributed by atoms with Crippen molar-refractivity contribution >= 4 is 56.8 Å². The van der Waals surface area contributed by atoms with E-state index in [2.05, 4.69) is 26.6 Å². The summed E-state index contributed by atoms with van der Waals surface area (Å²) in [4.78, 5) is 26.2. The number of anilines is 3. The number of phenolic OH excluding ortho intramolecular Hbond substituents is 1. The Bertz CT molecular complexity index is 1220. The van der Waals surface area contributed by atoms with Gasteiger partial charge in [-0.1, -0.05) is 41.1 Å². The molecule has 0 aliphatic carbocycles. The van der Waals surface area contributed by atoms with Gasteiger partial charge < -0.3 is 20.9 Å². The van der Waals surface area contributed by atoms with Gasteiger partial charge in [0.2, 0.25) is 5.91 Å². The highest BCUT2D eigenvalue weighted by atomic mass is 79.9. The van der Waals surface area contributed by atoms with E-state index in [1.807, 2.05) is 18.4 Å². The monoisotopic (exact) mass is 555 g/mol. The molecule has 0 aliphatic rings. The number of hydrogen-bond donors (Lipinski definition) is 4. The number of carbonyl (C=O) groups excluding carboxylic acids is 2. The van der Waals surface area contributed by atoms with Crippen LogP contribution >= 0.6 is 27.7 Å². The molecule has 2 amide bonds. The summed E-state index contributed by atoms with van der Waals surface area (Å²) in [7, 11) is 0. The Morgan fingerprint density at radius 3 is 2.49 bits per heavy atom. The van der Waals surface area contributed by atoms with Crippen LogP contribution in [-0.4, -0.2) is 23.4 Å². The summed E-state index contributed by atoms with van der Waals surface area (Å²) in [5, 5.41) is 15.9. The highest BCUT2D eigenvalue weighted by Gasteiger charge is 2.25. The van der Waals surface area contributed by atoms with Crippen molar-refractivity contribution in [2.75, 3.05) is 22.6 Å². The zero-order valence-corrected chi connectivity index (χ0v) is 21.6. The Kier molecular flexibility index (Phi) is 9.22. The number of benzene rings is 3. The number of halogens is 1. The molecule has 0 saturated heterocycles. The molecule has 0 radical (unpaired) electrons. The van der Waals surface area contributed by atoms with Gasteiger partial charge in [0.25, 0.3) is 0 Å². The standard InChI is InChI=1S/C26H26BrN3O4S/c1-16(7-14-24(32)30-22-6-4-3-5-21(22)28)25(20-15-17(27)8-13-23(20)31)34-26(33)29-18-9-11-19(35-2)12-10-18/h3-16,25,31H,28H2,1-2H3,(H,29,33)(H,30,32)/b14-7+/t16-,25+/m0/s1. The Balaban J connectivity index is 1.77. The Labute approximate surface area is 216 Å². The molecule has 0 aromatic heterocycles. The van der Waals surface area contributed by atoms with Crippen molar-refractivity contribution in [1.29, 1.82) is 0 Å². The molecular formula is C26H26BrN3O4S. The first kappa shape index (κ1) is 26.2. The van der Waals surface area contributed by atoms with Gasteiger partial charge in [-0.3, -0.25) is 10.1 Å². The fourth-order valence-electron chi connectivity index (χ4n) is 3.27. The summed E-state index contributed by atoms with van der Waals surface area (Å²) in [6.07, 6.45) is 3.37. The number of hydrogen-bond acceptors (Lipinski definition) is 6. The van der Waals surface area contributed by atoms with E-state index in [1.54, 1.807) is 73.3 Å². The van der Waals surface area contributed by atoms with Crippen molar-refractivity contribution in [3.05, 3.63) is 88.9 Å². The van der Waals surface area contributed by atoms with Crippen LogP contribution in [0.3, 0.4) is 0 Å². The number of carbonyl (C=O) groups is 2. The second kappa shape index (κ2) is 12.3. The third-order valence-corrected chi connectivity index (χ3v) is 6.35. The number of ether oxygens (including phenoxy) is 1. The molecule has 0 unspecified atom stereocenters. The zero-order chi connectivity index (χ0) is 25.4. The van der Waals surface area contributed by atoms with Gasteiger partial charge in [0.1, 0.15) is 11.9 Å². The molecule has 0 saturated carbocycles. The van der Waals surface area contributed by atoms with E-state index in [9.17, 15) is 14.7 Å². The van der Waals surface area contributed by atoms with Gasteiger partial charge in [0.15, 0.2) is 0 Å². The number of phenols is 1. The van der Waals surface area contributed by atoms with Gasteiger partial charge in [-0.2, -0.15) is 0 Å². The average Bonchev–Trinajstić information content (AvgIpc) is 2.84. The van der Waals surface area contributed by atoms with Crippen molar-refractivity contribution in [1.82, 2.24) is 0 Å². The maximum atomic E-state index is 12.7. The lowest BCUT2D eigenvalue weighted by molar-refractivity contribution is -0.111. The lowest BCUT2D eigenvalue weighted by Crippen LogP contribution is -2.21. The molecule has 35 heavy (non-hydrogen) atoms. The molecule has 0 fully saturated rings. The maximum absolute atomic E-state index is 12.7. The van der Waals surface area contributed by atoms with Crippen molar-refractivity contribution in [2.24, 2.45) is 5.92 Å². The first-order chi connectivity index (χ1) is 16.8. The summed E-state index contributed by atoms with van der Waals surface area (Å²) >= 11 is 4.99. The molecule has 0 bridgehead atoms. The summed E-state index contributed by atoms with van der Waals surface area (Å²) in [5.74, 6) is -0.874. The average molecular weight is 556 g/mol. The highest BCUT2D eigenvalue weighted by molar-refractivity contribution is 9.10. The van der Waals surface area contributed by atoms with Crippen molar-refractivity contribution in [3.8, 4) is 5.75 Å². The van der Waals surface area contributed by atoms with Crippen LogP contribution in [0.25, 0.3) is 0 Å². The minimum absolute atomic E-state index is 0.0305. The number of nitrogens with two attached hydrogens (primary N) is 1. The molecule has 0 heterocycles. The van der Waals surface area contributed by atoms with Crippen LogP contribution in [0.5, 0.6) is 5.75 Å². The van der Waals surface area contributed by atoms with Crippen molar-refractivity contribution in [2.45, 2.75) is 17.9 Å². The molecule has 182 valence electrons. The minimum atomic E-state index is -0.871. The van der Waals surface area contributed by atoms with Crippen LogP contribution in [0.15, 0.2) is 88.3 Å². The van der Waals surface area contributed by atoms with Crippen LogP contribution < -0.4 is 16.4 Å². The summed E-state index contributed by atoms with van der Waals surface area (Å²) in [6, 6.07) is 19.1. The van der Waals surface area contributed by atoms with E-state index in [0.717, 1.165) is 4.90 Å². The SMILES string of the molecule is CSc1ccc(NC(=O)O[C@@H](c2cc(Br)ccc2O)[C@@H](C)/C=C/C(=O)Nc2ccccc2N)cc1. The topological polar surface area (TPSA) is 114 Å². The van der Waals surface area contributed by atoms with Gasteiger partial charge in [0.05, 0.1) is 11.4 Å². The second-order valence-electron chi connectivity index (χ2n) is 7.68. The van der Waals surface area contributed by atoms with E-state index in [-0.39, 0.29) is 11.7 Å². The van der Waals surface area contributed by atoms with E-state index in [0.29, 0.717) is 27.1 Å². The van der Waals surface area contributed by atoms with Crippen molar-refractivity contribution in [3.63, 3.8) is 0 Å². The Hall–Kier alpha value is -3.43. The quantitative estimate of drug-likeness (QED) is 0.142. The van der Waals surface area contributed by atoms with Gasteiger partial charge in [-0.25, -0.2) is 4.79 Å². The van der Waals surface area contributed by atoms with Crippen molar-refractivity contribution < 1.29 is 19.4 Å². The first-order valence-electron chi connectivity index (χ1n) is 10.7. The Morgan fingerprint density at radius 1 is 1.09 bits per heavy atom. The molecule has 0 aliphatic heterocycles. The van der Waals surface area contributed by atoms with Gasteiger partial charge in [0, 0.05) is 26.5 Å². The van der Waals surface area contributed by atoms with E-state index in [1.165, 1.54) is 12.1 Å². The predicted molar refractivity (Wildman–Crippen MR) is 145 cm³/mol. The maximum Gasteiger partial charge on any atom is 0.412 e. The van der Waals surface area contributed by atoms with Crippen LogP contribution in [0.1, 0.15) is 18.6 Å². The fraction of sp³-hybridized carbons (Fsp3) is 0.154. The van der Waals surface area contributed by atoms with E-state index < -0.39 is 18.1 Å². The van der Waals surface area contributed by atoms with Gasteiger partial charge in [-0.15, -0.1) is 11.8 Å². The number of para-hydroxylation sites is 2. The molecular weight excluding hydrogens is 530 g/mol. The van der Waals surface area contributed by atoms with Gasteiger partial charge >= 0.3 is 6.09 Å². The van der Waals surface area contributed by atoms with Crippen LogP contribution in [0, 0.1) is 5.92 Å². The molecule has 3 rings (SSSR count). The number of nitrogen functional groups attached to an aromatic ring is 1. The van der Waals surface area contributed by atoms with E-state index in [4.69, 9.17) is 10.5 Å². The summed E-state index contributed by atoms with van der Waals surface area (Å²) in [6.45, 7) is 1.78.